The van der Waals surface area contributed by atoms with Crippen LogP contribution >= 0.6 is 11.3 Å². The summed E-state index contributed by atoms with van der Waals surface area (Å²) in [5, 5.41) is 22.7. The summed E-state index contributed by atoms with van der Waals surface area (Å²) >= 11 is 1.63. The first-order valence-corrected chi connectivity index (χ1v) is 10.1. The minimum atomic E-state index is -0.362. The van der Waals surface area contributed by atoms with Crippen LogP contribution in [0.3, 0.4) is 0 Å². The molecule has 0 bridgehead atoms. The fraction of sp³-hybridized carbons (Fsp3) is 0.526. The monoisotopic (exact) mass is 372 g/mol. The van der Waals surface area contributed by atoms with E-state index in [1.807, 2.05) is 33.9 Å². The van der Waals surface area contributed by atoms with Gasteiger partial charge < -0.3 is 14.9 Å². The molecule has 2 aliphatic heterocycles. The van der Waals surface area contributed by atoms with Crippen molar-refractivity contribution in [2.24, 2.45) is 5.41 Å². The van der Waals surface area contributed by atoms with E-state index >= 15 is 0 Å². The van der Waals surface area contributed by atoms with Gasteiger partial charge >= 0.3 is 0 Å². The Morgan fingerprint density at radius 1 is 1.35 bits per heavy atom. The van der Waals surface area contributed by atoms with E-state index in [4.69, 9.17) is 0 Å². The third kappa shape index (κ3) is 3.73. The second kappa shape index (κ2) is 7.32. The zero-order chi connectivity index (χ0) is 18.0. The summed E-state index contributed by atoms with van der Waals surface area (Å²) in [6.45, 7) is 3.00. The SMILES string of the molecule is O=C(Cc1ccsc1)N1CCC2(CC1)CC(O)CN(c1cccnn1)C2. The van der Waals surface area contributed by atoms with Crippen LogP contribution in [0.1, 0.15) is 24.8 Å². The summed E-state index contributed by atoms with van der Waals surface area (Å²) in [6, 6.07) is 5.84. The van der Waals surface area contributed by atoms with Crippen LogP contribution in [0.5, 0.6) is 0 Å². The van der Waals surface area contributed by atoms with Gasteiger partial charge in [0, 0.05) is 32.4 Å². The van der Waals surface area contributed by atoms with Gasteiger partial charge in [-0.1, -0.05) is 0 Å². The van der Waals surface area contributed by atoms with Gasteiger partial charge in [0.05, 0.1) is 12.5 Å². The molecule has 1 atom stereocenters. The fourth-order valence-corrected chi connectivity index (χ4v) is 4.93. The Morgan fingerprint density at radius 3 is 2.88 bits per heavy atom. The van der Waals surface area contributed by atoms with Gasteiger partial charge in [0.25, 0.3) is 0 Å². The van der Waals surface area contributed by atoms with E-state index in [1.54, 1.807) is 17.5 Å². The molecular weight excluding hydrogens is 348 g/mol. The average Bonchev–Trinajstić information content (AvgIpc) is 3.15. The molecule has 138 valence electrons. The van der Waals surface area contributed by atoms with Crippen LogP contribution in [0, 0.1) is 5.41 Å². The molecule has 2 saturated heterocycles. The fourth-order valence-electron chi connectivity index (χ4n) is 4.26. The highest BCUT2D eigenvalue weighted by Gasteiger charge is 2.42. The lowest BCUT2D eigenvalue weighted by Gasteiger charge is -2.49. The van der Waals surface area contributed by atoms with Crippen molar-refractivity contribution in [3.63, 3.8) is 0 Å². The average molecular weight is 372 g/mol. The standard InChI is InChI=1S/C19H24N4O2S/c24-16-11-19(14-23(12-16)17-2-1-6-20-21-17)4-7-22(8-5-19)18(25)10-15-3-9-26-13-15/h1-3,6,9,13,16,24H,4-5,7-8,10-12,14H2. The smallest absolute Gasteiger partial charge is 0.227 e. The molecule has 2 aromatic rings. The van der Waals surface area contributed by atoms with Crippen LogP contribution in [0.25, 0.3) is 0 Å². The molecule has 0 aromatic carbocycles. The predicted molar refractivity (Wildman–Crippen MR) is 101 cm³/mol. The number of nitrogens with zero attached hydrogens (tertiary/aromatic N) is 4. The number of anilines is 1. The Kier molecular flexibility index (Phi) is 4.91. The first-order valence-electron chi connectivity index (χ1n) is 9.13. The number of amides is 1. The van der Waals surface area contributed by atoms with Crippen molar-refractivity contribution in [1.82, 2.24) is 15.1 Å². The van der Waals surface area contributed by atoms with Crippen LogP contribution in [0.15, 0.2) is 35.2 Å². The number of aromatic nitrogens is 2. The number of aliphatic hydroxyl groups is 1. The van der Waals surface area contributed by atoms with Gasteiger partial charge in [0.2, 0.25) is 5.91 Å². The van der Waals surface area contributed by atoms with Gasteiger partial charge in [-0.05, 0) is 59.2 Å². The minimum Gasteiger partial charge on any atom is -0.391 e. The molecule has 0 aliphatic carbocycles. The minimum absolute atomic E-state index is 0.0499. The third-order valence-electron chi connectivity index (χ3n) is 5.62. The Bertz CT molecular complexity index is 729. The molecule has 26 heavy (non-hydrogen) atoms. The van der Waals surface area contributed by atoms with Crippen molar-refractivity contribution in [2.75, 3.05) is 31.1 Å². The second-order valence-corrected chi connectivity index (χ2v) is 8.29. The molecule has 4 heterocycles. The van der Waals surface area contributed by atoms with E-state index in [-0.39, 0.29) is 17.4 Å². The lowest BCUT2D eigenvalue weighted by Crippen LogP contribution is -2.55. The molecule has 1 unspecified atom stereocenters. The topological polar surface area (TPSA) is 69.6 Å². The van der Waals surface area contributed by atoms with Crippen LogP contribution in [-0.4, -0.2) is 58.4 Å². The number of β-amino-alcohol motifs (C(OH)–C–C–N with tert-alkyl or cyclic N) is 1. The molecule has 2 aromatic heterocycles. The van der Waals surface area contributed by atoms with Gasteiger partial charge in [-0.3, -0.25) is 4.79 Å². The highest BCUT2D eigenvalue weighted by atomic mass is 32.1. The highest BCUT2D eigenvalue weighted by Crippen LogP contribution is 2.41. The number of carbonyl (C=O) groups excluding carboxylic acids is 1. The van der Waals surface area contributed by atoms with Crippen molar-refractivity contribution >= 4 is 23.1 Å². The maximum Gasteiger partial charge on any atom is 0.227 e. The zero-order valence-electron chi connectivity index (χ0n) is 14.8. The summed E-state index contributed by atoms with van der Waals surface area (Å²) in [5.74, 6) is 1.03. The second-order valence-electron chi connectivity index (χ2n) is 7.51. The van der Waals surface area contributed by atoms with Gasteiger partial charge in [0.15, 0.2) is 5.82 Å². The summed E-state index contributed by atoms with van der Waals surface area (Å²) in [4.78, 5) is 16.7. The summed E-state index contributed by atoms with van der Waals surface area (Å²) in [6.07, 6.45) is 4.45. The van der Waals surface area contributed by atoms with Crippen LogP contribution in [0.2, 0.25) is 0 Å². The number of aliphatic hydroxyl groups excluding tert-OH is 1. The van der Waals surface area contributed by atoms with Crippen molar-refractivity contribution in [2.45, 2.75) is 31.8 Å². The molecule has 1 spiro atoms. The summed E-state index contributed by atoms with van der Waals surface area (Å²) in [7, 11) is 0. The highest BCUT2D eigenvalue weighted by molar-refractivity contribution is 7.08. The number of hydrogen-bond donors (Lipinski definition) is 1. The molecule has 0 radical (unpaired) electrons. The molecule has 1 N–H and O–H groups in total. The first kappa shape index (κ1) is 17.4. The van der Waals surface area contributed by atoms with Crippen molar-refractivity contribution in [3.8, 4) is 0 Å². The molecular formula is C19H24N4O2S. The van der Waals surface area contributed by atoms with E-state index in [0.29, 0.717) is 13.0 Å². The van der Waals surface area contributed by atoms with E-state index in [9.17, 15) is 9.90 Å². The maximum absolute atomic E-state index is 12.5. The maximum atomic E-state index is 12.5. The van der Waals surface area contributed by atoms with Gasteiger partial charge in [-0.25, -0.2) is 0 Å². The number of piperidine rings is 2. The van der Waals surface area contributed by atoms with Gasteiger partial charge in [-0.2, -0.15) is 16.4 Å². The molecule has 2 aliphatic rings. The lowest BCUT2D eigenvalue weighted by atomic mass is 9.71. The Balaban J connectivity index is 1.40. The van der Waals surface area contributed by atoms with E-state index in [2.05, 4.69) is 15.1 Å². The first-order chi connectivity index (χ1) is 12.6. The van der Waals surface area contributed by atoms with E-state index < -0.39 is 0 Å². The van der Waals surface area contributed by atoms with Crippen LogP contribution in [0.4, 0.5) is 5.82 Å². The molecule has 7 heteroatoms. The number of rotatable bonds is 3. The predicted octanol–water partition coefficient (Wildman–Crippen LogP) is 1.96. The van der Waals surface area contributed by atoms with Crippen molar-refractivity contribution in [3.05, 3.63) is 40.7 Å². The normalized spacial score (nSPS) is 22.6. The quantitative estimate of drug-likeness (QED) is 0.892. The largest absolute Gasteiger partial charge is 0.391 e. The van der Waals surface area contributed by atoms with Gasteiger partial charge in [0.1, 0.15) is 0 Å². The number of thiophene rings is 1. The van der Waals surface area contributed by atoms with Gasteiger partial charge in [-0.15, -0.1) is 5.10 Å². The number of likely N-dealkylation sites (tertiary alicyclic amines) is 1. The third-order valence-corrected chi connectivity index (χ3v) is 6.35. The number of hydrogen-bond acceptors (Lipinski definition) is 6. The molecule has 4 rings (SSSR count). The zero-order valence-corrected chi connectivity index (χ0v) is 15.6. The molecule has 2 fully saturated rings. The summed E-state index contributed by atoms with van der Waals surface area (Å²) < 4.78 is 0. The Morgan fingerprint density at radius 2 is 2.19 bits per heavy atom. The van der Waals surface area contributed by atoms with Crippen LogP contribution in [-0.2, 0) is 11.2 Å². The van der Waals surface area contributed by atoms with Crippen molar-refractivity contribution in [1.29, 1.82) is 0 Å². The van der Waals surface area contributed by atoms with Crippen LogP contribution < -0.4 is 4.90 Å². The van der Waals surface area contributed by atoms with E-state index in [0.717, 1.165) is 50.3 Å². The van der Waals surface area contributed by atoms with E-state index in [1.165, 1.54) is 0 Å². The van der Waals surface area contributed by atoms with Crippen molar-refractivity contribution < 1.29 is 9.90 Å². The lowest BCUT2D eigenvalue weighted by molar-refractivity contribution is -0.133. The Hall–Kier alpha value is -1.99. The molecule has 0 saturated carbocycles. The molecule has 6 nitrogen and oxygen atoms in total. The summed E-state index contributed by atoms with van der Waals surface area (Å²) in [5.41, 5.74) is 1.15. The Labute approximate surface area is 157 Å². The molecule has 1 amide bonds. The number of carbonyl (C=O) groups is 1.